The molecule has 0 aliphatic carbocycles. The molecule has 0 amide bonds. The number of aromatic nitrogens is 1. The zero-order valence-electron chi connectivity index (χ0n) is 8.58. The summed E-state index contributed by atoms with van der Waals surface area (Å²) in [7, 11) is 0. The van der Waals surface area contributed by atoms with E-state index in [2.05, 4.69) is 15.0 Å². The third-order valence-corrected chi connectivity index (χ3v) is 2.33. The molecule has 7 heteroatoms. The van der Waals surface area contributed by atoms with Crippen molar-refractivity contribution in [3.63, 3.8) is 0 Å². The zero-order valence-corrected chi connectivity index (χ0v) is 9.33. The van der Waals surface area contributed by atoms with E-state index in [0.29, 0.717) is 11.3 Å². The van der Waals surface area contributed by atoms with Gasteiger partial charge in [0.25, 0.3) is 0 Å². The maximum absolute atomic E-state index is 9.73. The molecule has 1 rings (SSSR count). The summed E-state index contributed by atoms with van der Waals surface area (Å²) >= 11 is 5.82. The molecule has 6 nitrogen and oxygen atoms in total. The molecule has 1 aromatic rings. The Morgan fingerprint density at radius 2 is 2.25 bits per heavy atom. The SMILES string of the molecule is Cc1ccc(C(O)C(O)CN=[N+]=[N-])c(Cl)n1. The molecule has 86 valence electrons. The molecule has 2 unspecified atom stereocenters. The first-order valence-electron chi connectivity index (χ1n) is 4.56. The van der Waals surface area contributed by atoms with E-state index in [0.717, 1.165) is 0 Å². The number of aryl methyl sites for hydroxylation is 1. The lowest BCUT2D eigenvalue weighted by Crippen LogP contribution is -2.21. The van der Waals surface area contributed by atoms with Gasteiger partial charge >= 0.3 is 0 Å². The fourth-order valence-corrected chi connectivity index (χ4v) is 1.49. The Bertz CT molecular complexity index is 420. The predicted molar refractivity (Wildman–Crippen MR) is 59.0 cm³/mol. The molecular weight excluding hydrogens is 232 g/mol. The Morgan fingerprint density at radius 1 is 1.56 bits per heavy atom. The van der Waals surface area contributed by atoms with Crippen LogP contribution >= 0.6 is 11.6 Å². The first-order chi connectivity index (χ1) is 7.56. The van der Waals surface area contributed by atoms with Crippen LogP contribution in [0.3, 0.4) is 0 Å². The van der Waals surface area contributed by atoms with Crippen LogP contribution in [0, 0.1) is 6.92 Å². The van der Waals surface area contributed by atoms with Crippen LogP contribution < -0.4 is 0 Å². The summed E-state index contributed by atoms with van der Waals surface area (Å²) in [6, 6.07) is 3.25. The second-order valence-corrected chi connectivity index (χ2v) is 3.62. The molecule has 16 heavy (non-hydrogen) atoms. The van der Waals surface area contributed by atoms with Crippen molar-refractivity contribution in [2.75, 3.05) is 6.54 Å². The van der Waals surface area contributed by atoms with Gasteiger partial charge in [0.1, 0.15) is 11.3 Å². The quantitative estimate of drug-likeness (QED) is 0.364. The Morgan fingerprint density at radius 3 is 2.81 bits per heavy atom. The summed E-state index contributed by atoms with van der Waals surface area (Å²) in [4.78, 5) is 6.44. The number of hydrogen-bond donors (Lipinski definition) is 2. The number of halogens is 1. The third kappa shape index (κ3) is 3.08. The lowest BCUT2D eigenvalue weighted by atomic mass is 10.1. The largest absolute Gasteiger partial charge is 0.390 e. The predicted octanol–water partition coefficient (Wildman–Crippen LogP) is 1.75. The lowest BCUT2D eigenvalue weighted by Gasteiger charge is -2.17. The van der Waals surface area contributed by atoms with Crippen molar-refractivity contribution in [2.24, 2.45) is 5.11 Å². The highest BCUT2D eigenvalue weighted by molar-refractivity contribution is 6.30. The minimum atomic E-state index is -1.22. The van der Waals surface area contributed by atoms with Crippen molar-refractivity contribution in [3.05, 3.63) is 39.0 Å². The molecule has 0 aromatic carbocycles. The van der Waals surface area contributed by atoms with Gasteiger partial charge in [0.2, 0.25) is 0 Å². The van der Waals surface area contributed by atoms with Crippen LogP contribution in [0.4, 0.5) is 0 Å². The Balaban J connectivity index is 2.86. The monoisotopic (exact) mass is 242 g/mol. The van der Waals surface area contributed by atoms with Crippen molar-refractivity contribution in [1.82, 2.24) is 4.98 Å². The number of aliphatic hydroxyl groups excluding tert-OH is 2. The molecule has 0 spiro atoms. The number of pyridine rings is 1. The molecule has 0 radical (unpaired) electrons. The van der Waals surface area contributed by atoms with Gasteiger partial charge in [-0.15, -0.1) is 0 Å². The van der Waals surface area contributed by atoms with E-state index in [1.807, 2.05) is 0 Å². The molecule has 0 saturated carbocycles. The minimum Gasteiger partial charge on any atom is -0.390 e. The second kappa shape index (κ2) is 5.67. The van der Waals surface area contributed by atoms with E-state index < -0.39 is 12.2 Å². The van der Waals surface area contributed by atoms with Crippen molar-refractivity contribution in [2.45, 2.75) is 19.1 Å². The van der Waals surface area contributed by atoms with Gasteiger partial charge in [-0.3, -0.25) is 0 Å². The highest BCUT2D eigenvalue weighted by atomic mass is 35.5. The van der Waals surface area contributed by atoms with E-state index in [1.165, 1.54) is 0 Å². The van der Waals surface area contributed by atoms with Crippen LogP contribution in [0.15, 0.2) is 17.2 Å². The third-order valence-electron chi connectivity index (χ3n) is 2.03. The summed E-state index contributed by atoms with van der Waals surface area (Å²) in [6.07, 6.45) is -2.41. The van der Waals surface area contributed by atoms with Gasteiger partial charge in [0, 0.05) is 16.2 Å². The van der Waals surface area contributed by atoms with Crippen LogP contribution in [0.2, 0.25) is 5.15 Å². The van der Waals surface area contributed by atoms with Crippen molar-refractivity contribution < 1.29 is 10.2 Å². The van der Waals surface area contributed by atoms with E-state index >= 15 is 0 Å². The van der Waals surface area contributed by atoms with Crippen LogP contribution in [0.5, 0.6) is 0 Å². The number of nitrogens with zero attached hydrogens (tertiary/aromatic N) is 4. The summed E-state index contributed by atoms with van der Waals surface area (Å²) < 4.78 is 0. The van der Waals surface area contributed by atoms with Gasteiger partial charge in [-0.05, 0) is 18.5 Å². The van der Waals surface area contributed by atoms with Gasteiger partial charge in [-0.25, -0.2) is 4.98 Å². The Labute approximate surface area is 97.1 Å². The average molecular weight is 243 g/mol. The molecule has 0 fully saturated rings. The first-order valence-corrected chi connectivity index (χ1v) is 4.94. The minimum absolute atomic E-state index is 0.132. The van der Waals surface area contributed by atoms with E-state index in [1.54, 1.807) is 19.1 Å². The molecule has 0 aliphatic rings. The van der Waals surface area contributed by atoms with Gasteiger partial charge in [0.05, 0.1) is 12.6 Å². The van der Waals surface area contributed by atoms with E-state index in [-0.39, 0.29) is 11.7 Å². The van der Waals surface area contributed by atoms with Crippen molar-refractivity contribution >= 4 is 11.6 Å². The summed E-state index contributed by atoms with van der Waals surface area (Å²) in [6.45, 7) is 1.54. The van der Waals surface area contributed by atoms with Gasteiger partial charge in [-0.1, -0.05) is 22.8 Å². The van der Waals surface area contributed by atoms with E-state index in [9.17, 15) is 10.2 Å². The Kier molecular flexibility index (Phi) is 4.52. The zero-order chi connectivity index (χ0) is 12.1. The van der Waals surface area contributed by atoms with Crippen molar-refractivity contribution in [3.8, 4) is 0 Å². The lowest BCUT2D eigenvalue weighted by molar-refractivity contribution is 0.0242. The van der Waals surface area contributed by atoms with Crippen molar-refractivity contribution in [1.29, 1.82) is 0 Å². The molecule has 2 atom stereocenters. The molecule has 1 aromatic heterocycles. The highest BCUT2D eigenvalue weighted by Gasteiger charge is 2.20. The maximum atomic E-state index is 9.73. The maximum Gasteiger partial charge on any atom is 0.135 e. The second-order valence-electron chi connectivity index (χ2n) is 3.26. The average Bonchev–Trinajstić information content (AvgIpc) is 2.25. The Hall–Kier alpha value is -1.33. The smallest absolute Gasteiger partial charge is 0.135 e. The number of rotatable bonds is 4. The molecule has 0 saturated heterocycles. The molecule has 1 heterocycles. The molecule has 2 N–H and O–H groups in total. The van der Waals surface area contributed by atoms with Crippen LogP contribution in [0.25, 0.3) is 10.4 Å². The van der Waals surface area contributed by atoms with E-state index in [4.69, 9.17) is 17.1 Å². The van der Waals surface area contributed by atoms with Gasteiger partial charge < -0.3 is 10.2 Å². The normalized spacial score (nSPS) is 14.0. The van der Waals surface area contributed by atoms with Crippen LogP contribution in [-0.4, -0.2) is 27.8 Å². The van der Waals surface area contributed by atoms with Gasteiger partial charge in [0.15, 0.2) is 0 Å². The topological polar surface area (TPSA) is 102 Å². The molecule has 0 aliphatic heterocycles. The summed E-state index contributed by atoms with van der Waals surface area (Å²) in [5, 5.41) is 22.5. The van der Waals surface area contributed by atoms with Gasteiger partial charge in [-0.2, -0.15) is 0 Å². The summed E-state index contributed by atoms with van der Waals surface area (Å²) in [5.41, 5.74) is 9.11. The molecular formula is C9H11ClN4O2. The van der Waals surface area contributed by atoms with Crippen LogP contribution in [0.1, 0.15) is 17.4 Å². The highest BCUT2D eigenvalue weighted by Crippen LogP contribution is 2.24. The summed E-state index contributed by atoms with van der Waals surface area (Å²) in [5.74, 6) is 0. The number of hydrogen-bond acceptors (Lipinski definition) is 4. The van der Waals surface area contributed by atoms with Crippen LogP contribution in [-0.2, 0) is 0 Å². The number of azide groups is 1. The fourth-order valence-electron chi connectivity index (χ4n) is 1.18. The number of aliphatic hydroxyl groups is 2. The first kappa shape index (κ1) is 12.7. The fraction of sp³-hybridized carbons (Fsp3) is 0.444. The molecule has 0 bridgehead atoms. The standard InChI is InChI=1S/C9H11ClN4O2/c1-5-2-3-6(9(10)13-5)8(16)7(15)4-12-14-11/h2-3,7-8,15-16H,4H2,1H3.